The minimum Gasteiger partial charge on any atom is -0.324 e. The van der Waals surface area contributed by atoms with Crippen LogP contribution in [0.5, 0.6) is 0 Å². The maximum absolute atomic E-state index is 12.6. The molecule has 166 valence electrons. The molecule has 0 aromatic heterocycles. The number of halogens is 2. The highest BCUT2D eigenvalue weighted by Gasteiger charge is 2.29. The molecule has 1 N–H and O–H groups in total. The zero-order valence-electron chi connectivity index (χ0n) is 18.1. The fourth-order valence-corrected chi connectivity index (χ4v) is 5.18. The van der Waals surface area contributed by atoms with Crippen molar-refractivity contribution in [3.05, 3.63) is 63.6 Å². The van der Waals surface area contributed by atoms with Gasteiger partial charge in [0.1, 0.15) is 0 Å². The average molecular weight is 460 g/mol. The van der Waals surface area contributed by atoms with Crippen molar-refractivity contribution in [1.29, 1.82) is 0 Å². The van der Waals surface area contributed by atoms with Gasteiger partial charge in [-0.25, -0.2) is 4.79 Å². The first-order valence-electron chi connectivity index (χ1n) is 11.3. The van der Waals surface area contributed by atoms with Crippen molar-refractivity contribution >= 4 is 34.9 Å². The van der Waals surface area contributed by atoms with E-state index in [2.05, 4.69) is 16.3 Å². The third kappa shape index (κ3) is 5.74. The summed E-state index contributed by atoms with van der Waals surface area (Å²) in [6.07, 6.45) is 5.61. The number of nitrogens with zero attached hydrogens (tertiary/aromatic N) is 2. The Bertz CT molecular complexity index is 903. The fourth-order valence-electron chi connectivity index (χ4n) is 4.86. The van der Waals surface area contributed by atoms with Gasteiger partial charge in [-0.2, -0.15) is 0 Å². The summed E-state index contributed by atoms with van der Waals surface area (Å²) < 4.78 is 0. The zero-order chi connectivity index (χ0) is 21.8. The van der Waals surface area contributed by atoms with E-state index in [9.17, 15) is 4.79 Å². The summed E-state index contributed by atoms with van der Waals surface area (Å²) in [4.78, 5) is 17.2. The van der Waals surface area contributed by atoms with E-state index in [1.807, 2.05) is 48.2 Å². The first-order chi connectivity index (χ1) is 15.0. The second kappa shape index (κ2) is 10.2. The predicted molar refractivity (Wildman–Crippen MR) is 129 cm³/mol. The minimum atomic E-state index is 0.0214. The van der Waals surface area contributed by atoms with Crippen molar-refractivity contribution in [1.82, 2.24) is 9.80 Å². The third-order valence-corrected chi connectivity index (χ3v) is 7.55. The lowest BCUT2D eigenvalue weighted by Crippen LogP contribution is -2.50. The van der Waals surface area contributed by atoms with Crippen molar-refractivity contribution in [3.63, 3.8) is 0 Å². The Morgan fingerprint density at radius 3 is 2.35 bits per heavy atom. The first kappa shape index (κ1) is 22.4. The second-order valence-corrected chi connectivity index (χ2v) is 9.71. The number of carbonyl (C=O) groups excluding carboxylic acids is 1. The summed E-state index contributed by atoms with van der Waals surface area (Å²) in [6.45, 7) is 5.96. The number of likely N-dealkylation sites (tertiary alicyclic amines) is 2. The minimum absolute atomic E-state index is 0.0214. The number of urea groups is 1. The van der Waals surface area contributed by atoms with Crippen LogP contribution >= 0.6 is 23.2 Å². The predicted octanol–water partition coefficient (Wildman–Crippen LogP) is 6.25. The summed E-state index contributed by atoms with van der Waals surface area (Å²) in [5, 5.41) is 4.34. The van der Waals surface area contributed by atoms with Crippen molar-refractivity contribution in [3.8, 4) is 0 Å². The summed E-state index contributed by atoms with van der Waals surface area (Å²) in [7, 11) is 0. The van der Waals surface area contributed by atoms with Crippen LogP contribution in [0.25, 0.3) is 0 Å². The highest BCUT2D eigenvalue weighted by Crippen LogP contribution is 2.29. The van der Waals surface area contributed by atoms with Crippen molar-refractivity contribution < 1.29 is 4.79 Å². The second-order valence-electron chi connectivity index (χ2n) is 8.90. The fraction of sp³-hybridized carbons (Fsp3) is 0.480. The molecule has 2 amide bonds. The average Bonchev–Trinajstić information content (AvgIpc) is 2.78. The van der Waals surface area contributed by atoms with Crippen LogP contribution in [-0.4, -0.2) is 48.1 Å². The van der Waals surface area contributed by atoms with E-state index in [0.29, 0.717) is 22.0 Å². The lowest BCUT2D eigenvalue weighted by molar-refractivity contribution is 0.0878. The molecule has 0 bridgehead atoms. The standard InChI is InChI=1S/C25H31Cl2N3O/c1-18-4-2-3-5-24(18)28-25(31)30-14-10-21(11-15-30)29-12-8-19(9-13-29)16-20-6-7-22(26)23(27)17-20/h2-7,17,19,21H,8-16H2,1H3,(H,28,31). The molecule has 0 atom stereocenters. The van der Waals surface area contributed by atoms with Crippen LogP contribution in [0.4, 0.5) is 10.5 Å². The largest absolute Gasteiger partial charge is 0.324 e. The SMILES string of the molecule is Cc1ccccc1NC(=O)N1CCC(N2CCC(Cc3ccc(Cl)c(Cl)c3)CC2)CC1. The van der Waals surface area contributed by atoms with Crippen LogP contribution in [0.15, 0.2) is 42.5 Å². The molecule has 2 aromatic carbocycles. The Hall–Kier alpha value is -1.75. The Labute approximate surface area is 195 Å². The van der Waals surface area contributed by atoms with E-state index in [0.717, 1.165) is 56.7 Å². The molecule has 2 saturated heterocycles. The van der Waals surface area contributed by atoms with Crippen LogP contribution in [0, 0.1) is 12.8 Å². The first-order valence-corrected chi connectivity index (χ1v) is 12.0. The topological polar surface area (TPSA) is 35.6 Å². The van der Waals surface area contributed by atoms with Gasteiger partial charge in [0.15, 0.2) is 0 Å². The molecular weight excluding hydrogens is 429 g/mol. The van der Waals surface area contributed by atoms with Crippen molar-refractivity contribution in [2.75, 3.05) is 31.5 Å². The lowest BCUT2D eigenvalue weighted by atomic mass is 9.88. The number of aryl methyl sites for hydroxylation is 1. The molecule has 2 heterocycles. The molecule has 2 fully saturated rings. The highest BCUT2D eigenvalue weighted by molar-refractivity contribution is 6.42. The monoisotopic (exact) mass is 459 g/mol. The molecule has 0 unspecified atom stereocenters. The van der Waals surface area contributed by atoms with Crippen molar-refractivity contribution in [2.45, 2.75) is 45.1 Å². The summed E-state index contributed by atoms with van der Waals surface area (Å²) in [5.41, 5.74) is 3.27. The lowest BCUT2D eigenvalue weighted by Gasteiger charge is -2.41. The van der Waals surface area contributed by atoms with E-state index >= 15 is 0 Å². The van der Waals surface area contributed by atoms with E-state index < -0.39 is 0 Å². The summed E-state index contributed by atoms with van der Waals surface area (Å²) in [6, 6.07) is 14.5. The number of hydrogen-bond acceptors (Lipinski definition) is 2. The molecule has 2 aliphatic rings. The number of hydrogen-bond donors (Lipinski definition) is 1. The molecule has 0 radical (unpaired) electrons. The number of benzene rings is 2. The van der Waals surface area contributed by atoms with Gasteiger partial charge < -0.3 is 15.1 Å². The summed E-state index contributed by atoms with van der Waals surface area (Å²) in [5.74, 6) is 0.702. The molecule has 31 heavy (non-hydrogen) atoms. The molecule has 6 heteroatoms. The number of carbonyl (C=O) groups is 1. The maximum Gasteiger partial charge on any atom is 0.321 e. The maximum atomic E-state index is 12.6. The molecule has 0 saturated carbocycles. The molecule has 4 rings (SSSR count). The number of anilines is 1. The van der Waals surface area contributed by atoms with Gasteiger partial charge in [0, 0.05) is 24.8 Å². The van der Waals surface area contributed by atoms with Crippen LogP contribution < -0.4 is 5.32 Å². The van der Waals surface area contributed by atoms with E-state index in [1.165, 1.54) is 18.4 Å². The summed E-state index contributed by atoms with van der Waals surface area (Å²) >= 11 is 12.2. The third-order valence-electron chi connectivity index (χ3n) is 6.81. The number of rotatable bonds is 4. The normalized spacial score (nSPS) is 18.9. The molecule has 2 aromatic rings. The smallest absolute Gasteiger partial charge is 0.321 e. The highest BCUT2D eigenvalue weighted by atomic mass is 35.5. The van der Waals surface area contributed by atoms with Crippen LogP contribution in [0.2, 0.25) is 10.0 Å². The van der Waals surface area contributed by atoms with Gasteiger partial charge in [0.2, 0.25) is 0 Å². The number of para-hydroxylation sites is 1. The van der Waals surface area contributed by atoms with Gasteiger partial charge in [0.05, 0.1) is 10.0 Å². The van der Waals surface area contributed by atoms with Crippen LogP contribution in [0.3, 0.4) is 0 Å². The van der Waals surface area contributed by atoms with Crippen LogP contribution in [-0.2, 0) is 6.42 Å². The van der Waals surface area contributed by atoms with E-state index in [-0.39, 0.29) is 6.03 Å². The van der Waals surface area contributed by atoms with Crippen molar-refractivity contribution in [2.24, 2.45) is 5.92 Å². The zero-order valence-corrected chi connectivity index (χ0v) is 19.6. The van der Waals surface area contributed by atoms with Gasteiger partial charge in [-0.3, -0.25) is 0 Å². The Morgan fingerprint density at radius 1 is 0.968 bits per heavy atom. The molecule has 2 aliphatic heterocycles. The molecular formula is C25H31Cl2N3O. The van der Waals surface area contributed by atoms with Gasteiger partial charge in [0.25, 0.3) is 0 Å². The van der Waals surface area contributed by atoms with E-state index in [1.54, 1.807) is 0 Å². The number of amides is 2. The molecule has 4 nitrogen and oxygen atoms in total. The Balaban J connectivity index is 1.21. The molecule has 0 spiro atoms. The molecule has 0 aliphatic carbocycles. The Morgan fingerprint density at radius 2 is 1.68 bits per heavy atom. The van der Waals surface area contributed by atoms with E-state index in [4.69, 9.17) is 23.2 Å². The number of nitrogens with one attached hydrogen (secondary N) is 1. The number of piperidine rings is 2. The van der Waals surface area contributed by atoms with Gasteiger partial charge in [-0.05, 0) is 87.4 Å². The quantitative estimate of drug-likeness (QED) is 0.585. The van der Waals surface area contributed by atoms with Crippen LogP contribution in [0.1, 0.15) is 36.8 Å². The van der Waals surface area contributed by atoms with Gasteiger partial charge in [-0.15, -0.1) is 0 Å². The van der Waals surface area contributed by atoms with Gasteiger partial charge >= 0.3 is 6.03 Å². The Kier molecular flexibility index (Phi) is 7.42. The van der Waals surface area contributed by atoms with Gasteiger partial charge in [-0.1, -0.05) is 47.5 Å².